The van der Waals surface area contributed by atoms with Gasteiger partial charge in [0.2, 0.25) is 10.0 Å². The van der Waals surface area contributed by atoms with Crippen LogP contribution in [-0.2, 0) is 10.0 Å². The summed E-state index contributed by atoms with van der Waals surface area (Å²) in [5, 5.41) is 3.04. The third kappa shape index (κ3) is 4.33. The van der Waals surface area contributed by atoms with E-state index in [4.69, 9.17) is 4.42 Å². The minimum absolute atomic E-state index is 0.0112. The number of aryl methyl sites for hydroxylation is 1. The number of halogens is 2. The summed E-state index contributed by atoms with van der Waals surface area (Å²) in [4.78, 5) is 12.9. The van der Waals surface area contributed by atoms with E-state index in [2.05, 4.69) is 35.1 Å². The molecule has 1 saturated heterocycles. The lowest BCUT2D eigenvalue weighted by atomic mass is 9.94. The van der Waals surface area contributed by atoms with Crippen LogP contribution in [0.4, 0.5) is 10.1 Å². The number of anilines is 1. The molecule has 2 atom stereocenters. The molecule has 1 aliphatic rings. The molecule has 1 amide bonds. The van der Waals surface area contributed by atoms with Crippen molar-refractivity contribution in [3.05, 3.63) is 58.0 Å². The van der Waals surface area contributed by atoms with Gasteiger partial charge in [-0.1, -0.05) is 29.8 Å². The van der Waals surface area contributed by atoms with Crippen molar-refractivity contribution in [1.82, 2.24) is 4.31 Å². The van der Waals surface area contributed by atoms with Crippen molar-refractivity contribution in [2.24, 2.45) is 11.8 Å². The average Bonchev–Trinajstić information content (AvgIpc) is 3.05. The fourth-order valence-electron chi connectivity index (χ4n) is 4.30. The van der Waals surface area contributed by atoms with E-state index in [0.717, 1.165) is 6.42 Å². The number of nitrogens with zero attached hydrogens (tertiary/aromatic N) is 1. The van der Waals surface area contributed by atoms with E-state index in [1.165, 1.54) is 22.5 Å². The first kappa shape index (κ1) is 22.9. The number of carbonyl (C=O) groups excluding carboxylic acids is 1. The molecule has 0 saturated carbocycles. The van der Waals surface area contributed by atoms with Crippen molar-refractivity contribution in [1.29, 1.82) is 0 Å². The highest BCUT2D eigenvalue weighted by atomic mass is 79.9. The molecule has 0 bridgehead atoms. The molecule has 9 heteroatoms. The highest BCUT2D eigenvalue weighted by Gasteiger charge is 2.32. The maximum atomic E-state index is 14.1. The monoisotopic (exact) mass is 522 g/mol. The molecule has 3 aromatic rings. The zero-order valence-electron chi connectivity index (χ0n) is 18.0. The molecular weight excluding hydrogens is 499 g/mol. The Hall–Kier alpha value is -2.23. The lowest BCUT2D eigenvalue weighted by Crippen LogP contribution is -2.42. The summed E-state index contributed by atoms with van der Waals surface area (Å²) in [6, 6.07) is 8.92. The molecule has 0 radical (unpaired) electrons. The van der Waals surface area contributed by atoms with Crippen molar-refractivity contribution < 1.29 is 22.0 Å². The van der Waals surface area contributed by atoms with Crippen LogP contribution in [0.5, 0.6) is 0 Å². The molecule has 32 heavy (non-hydrogen) atoms. The van der Waals surface area contributed by atoms with Gasteiger partial charge in [-0.25, -0.2) is 12.8 Å². The van der Waals surface area contributed by atoms with Gasteiger partial charge in [-0.3, -0.25) is 4.79 Å². The quantitative estimate of drug-likeness (QED) is 0.486. The van der Waals surface area contributed by atoms with Crippen LogP contribution in [0, 0.1) is 24.6 Å². The average molecular weight is 523 g/mol. The molecule has 170 valence electrons. The van der Waals surface area contributed by atoms with E-state index < -0.39 is 21.7 Å². The van der Waals surface area contributed by atoms with E-state index >= 15 is 0 Å². The van der Waals surface area contributed by atoms with Gasteiger partial charge in [0.05, 0.1) is 10.6 Å². The number of sulfonamides is 1. The van der Waals surface area contributed by atoms with Crippen LogP contribution in [0.15, 0.2) is 50.2 Å². The first-order valence-electron chi connectivity index (χ1n) is 10.4. The van der Waals surface area contributed by atoms with Crippen LogP contribution in [0.1, 0.15) is 36.4 Å². The highest BCUT2D eigenvalue weighted by molar-refractivity contribution is 9.10. The Morgan fingerprint density at radius 1 is 1.16 bits per heavy atom. The van der Waals surface area contributed by atoms with Gasteiger partial charge < -0.3 is 9.73 Å². The Morgan fingerprint density at radius 3 is 2.50 bits per heavy atom. The van der Waals surface area contributed by atoms with Crippen molar-refractivity contribution in [3.8, 4) is 0 Å². The molecular formula is C23H24BrFN2O4S. The van der Waals surface area contributed by atoms with Crippen LogP contribution in [-0.4, -0.2) is 31.7 Å². The van der Waals surface area contributed by atoms with E-state index in [1.807, 2.05) is 0 Å². The summed E-state index contributed by atoms with van der Waals surface area (Å²) in [6.45, 7) is 6.77. The van der Waals surface area contributed by atoms with Crippen molar-refractivity contribution >= 4 is 48.5 Å². The number of fused-ring (bicyclic) bond motifs is 1. The zero-order chi connectivity index (χ0) is 23.2. The van der Waals surface area contributed by atoms with E-state index in [9.17, 15) is 17.6 Å². The maximum absolute atomic E-state index is 14.1. The molecule has 0 aliphatic carbocycles. The molecule has 1 aromatic heterocycles. The van der Waals surface area contributed by atoms with Crippen LogP contribution in [0.2, 0.25) is 0 Å². The van der Waals surface area contributed by atoms with E-state index in [0.29, 0.717) is 45.9 Å². The summed E-state index contributed by atoms with van der Waals surface area (Å²) >= 11 is 3.18. The number of amides is 1. The molecule has 0 spiro atoms. The molecule has 6 nitrogen and oxygen atoms in total. The van der Waals surface area contributed by atoms with Gasteiger partial charge in [0, 0.05) is 28.5 Å². The Balaban J connectivity index is 1.66. The molecule has 2 heterocycles. The van der Waals surface area contributed by atoms with Gasteiger partial charge in [0.1, 0.15) is 11.4 Å². The van der Waals surface area contributed by atoms with Crippen molar-refractivity contribution in [2.45, 2.75) is 32.1 Å². The smallest absolute Gasteiger partial charge is 0.291 e. The summed E-state index contributed by atoms with van der Waals surface area (Å²) in [5.74, 6) is -0.593. The Bertz CT molecular complexity index is 1290. The van der Waals surface area contributed by atoms with Crippen LogP contribution in [0.25, 0.3) is 11.0 Å². The van der Waals surface area contributed by atoms with Gasteiger partial charge in [0.25, 0.3) is 5.91 Å². The zero-order valence-corrected chi connectivity index (χ0v) is 20.4. The number of nitrogens with one attached hydrogen (secondary N) is 1. The second-order valence-electron chi connectivity index (χ2n) is 8.56. The van der Waals surface area contributed by atoms with E-state index in [1.54, 1.807) is 25.1 Å². The van der Waals surface area contributed by atoms with Gasteiger partial charge >= 0.3 is 0 Å². The molecule has 1 N–H and O–H groups in total. The predicted molar refractivity (Wildman–Crippen MR) is 125 cm³/mol. The molecule has 2 unspecified atom stereocenters. The fraction of sp³-hybridized carbons (Fsp3) is 0.348. The molecule has 1 fully saturated rings. The Labute approximate surface area is 195 Å². The maximum Gasteiger partial charge on any atom is 0.291 e. The van der Waals surface area contributed by atoms with Gasteiger partial charge in [-0.15, -0.1) is 0 Å². The summed E-state index contributed by atoms with van der Waals surface area (Å²) in [5.41, 5.74) is 0.908. The van der Waals surface area contributed by atoms with Crippen molar-refractivity contribution in [2.75, 3.05) is 18.4 Å². The van der Waals surface area contributed by atoms with Crippen molar-refractivity contribution in [3.63, 3.8) is 0 Å². The summed E-state index contributed by atoms with van der Waals surface area (Å²) < 4.78 is 48.4. The first-order valence-corrected chi connectivity index (χ1v) is 12.6. The minimum atomic E-state index is -3.67. The first-order chi connectivity index (χ1) is 15.1. The highest BCUT2D eigenvalue weighted by Crippen LogP contribution is 2.32. The van der Waals surface area contributed by atoms with Crippen LogP contribution < -0.4 is 5.32 Å². The van der Waals surface area contributed by atoms with Crippen LogP contribution >= 0.6 is 15.9 Å². The molecule has 1 aliphatic heterocycles. The lowest BCUT2D eigenvalue weighted by molar-refractivity contribution is 0.0997. The number of furan rings is 1. The Kier molecular flexibility index (Phi) is 6.17. The minimum Gasteiger partial charge on any atom is -0.451 e. The molecule has 4 rings (SSSR count). The largest absolute Gasteiger partial charge is 0.451 e. The standard InChI is InChI=1S/C23H24BrFN2O4S/c1-13-8-14(2)12-27(11-13)32(29,30)17-5-7-21-18(10-17)15(3)22(31-21)23(28)26-20-6-4-16(24)9-19(20)25/h4-7,9-10,13-14H,8,11-12H2,1-3H3,(H,26,28). The number of hydrogen-bond acceptors (Lipinski definition) is 4. The Morgan fingerprint density at radius 2 is 1.84 bits per heavy atom. The number of carbonyl (C=O) groups is 1. The van der Waals surface area contributed by atoms with Gasteiger partial charge in [-0.05, 0) is 61.6 Å². The number of rotatable bonds is 4. The van der Waals surface area contributed by atoms with E-state index in [-0.39, 0.29) is 16.3 Å². The lowest BCUT2D eigenvalue weighted by Gasteiger charge is -2.34. The number of benzene rings is 2. The van der Waals surface area contributed by atoms with Crippen LogP contribution in [0.3, 0.4) is 0 Å². The topological polar surface area (TPSA) is 79.6 Å². The second-order valence-corrected chi connectivity index (χ2v) is 11.4. The summed E-state index contributed by atoms with van der Waals surface area (Å²) in [6.07, 6.45) is 1.00. The normalized spacial score (nSPS) is 19.9. The third-order valence-corrected chi connectivity index (χ3v) is 8.09. The SMILES string of the molecule is Cc1c(C(=O)Nc2ccc(Br)cc2F)oc2ccc(S(=O)(=O)N3CC(C)CC(C)C3)cc12. The molecule has 2 aromatic carbocycles. The second kappa shape index (κ2) is 8.61. The summed E-state index contributed by atoms with van der Waals surface area (Å²) in [7, 11) is -3.67. The predicted octanol–water partition coefficient (Wildman–Crippen LogP) is 5.56. The van der Waals surface area contributed by atoms with Gasteiger partial charge in [-0.2, -0.15) is 4.31 Å². The number of piperidine rings is 1. The number of hydrogen-bond donors (Lipinski definition) is 1. The third-order valence-electron chi connectivity index (χ3n) is 5.77. The van der Waals surface area contributed by atoms with Gasteiger partial charge in [0.15, 0.2) is 5.76 Å². The fourth-order valence-corrected chi connectivity index (χ4v) is 6.34.